The third kappa shape index (κ3) is 4.94. The van der Waals surface area contributed by atoms with Gasteiger partial charge in [0, 0.05) is 19.3 Å². The van der Waals surface area contributed by atoms with Crippen LogP contribution in [-0.2, 0) is 0 Å². The molecule has 14 heavy (non-hydrogen) atoms. The first-order valence-corrected chi connectivity index (χ1v) is 5.73. The lowest BCUT2D eigenvalue weighted by molar-refractivity contribution is 0.119. The van der Waals surface area contributed by atoms with Crippen LogP contribution >= 0.6 is 0 Å². The molecule has 0 aliphatic heterocycles. The molecule has 0 aliphatic carbocycles. The van der Waals surface area contributed by atoms with Gasteiger partial charge in [-0.05, 0) is 26.2 Å². The van der Waals surface area contributed by atoms with E-state index in [1.165, 1.54) is 0 Å². The minimum Gasteiger partial charge on any atom is -0.318 e. The third-order valence-electron chi connectivity index (χ3n) is 2.27. The molecule has 0 bridgehead atoms. The maximum absolute atomic E-state index is 5.76. The minimum absolute atomic E-state index is 0.403. The molecular formula is C11H27N3. The van der Waals surface area contributed by atoms with Crippen LogP contribution in [0.25, 0.3) is 0 Å². The van der Waals surface area contributed by atoms with Gasteiger partial charge >= 0.3 is 0 Å². The Balaban J connectivity index is 4.27. The number of nitrogens with two attached hydrogens (primary N) is 1. The molecule has 0 rings (SSSR count). The van der Waals surface area contributed by atoms with Crippen molar-refractivity contribution in [3.8, 4) is 0 Å². The molecule has 1 atom stereocenters. The van der Waals surface area contributed by atoms with Crippen LogP contribution < -0.4 is 11.1 Å². The molecule has 0 heterocycles. The summed E-state index contributed by atoms with van der Waals surface area (Å²) in [7, 11) is 0. The van der Waals surface area contributed by atoms with Crippen molar-refractivity contribution in [3.05, 3.63) is 0 Å². The average molecular weight is 201 g/mol. The number of hydrogen-bond acceptors (Lipinski definition) is 3. The Morgan fingerprint density at radius 1 is 1.21 bits per heavy atom. The van der Waals surface area contributed by atoms with Crippen LogP contribution in [0, 0.1) is 5.92 Å². The summed E-state index contributed by atoms with van der Waals surface area (Å²) in [4.78, 5) is 2.31. The lowest BCUT2D eigenvalue weighted by atomic mass is 10.1. The van der Waals surface area contributed by atoms with Gasteiger partial charge in [0.15, 0.2) is 0 Å². The molecule has 0 saturated heterocycles. The normalized spacial score (nSPS) is 14.4. The summed E-state index contributed by atoms with van der Waals surface area (Å²) >= 11 is 0. The second-order valence-electron chi connectivity index (χ2n) is 4.51. The molecule has 3 heteroatoms. The highest BCUT2D eigenvalue weighted by molar-refractivity contribution is 4.73. The molecule has 0 fully saturated rings. The van der Waals surface area contributed by atoms with Crippen LogP contribution in [0.4, 0.5) is 0 Å². The highest BCUT2D eigenvalue weighted by Crippen LogP contribution is 2.08. The molecule has 0 spiro atoms. The summed E-state index contributed by atoms with van der Waals surface area (Å²) < 4.78 is 0. The predicted molar refractivity (Wildman–Crippen MR) is 62.9 cm³/mol. The predicted octanol–water partition coefficient (Wildman–Crippen LogP) is 1.59. The van der Waals surface area contributed by atoms with Gasteiger partial charge in [0.25, 0.3) is 0 Å². The smallest absolute Gasteiger partial charge is 0.0633 e. The van der Waals surface area contributed by atoms with E-state index >= 15 is 0 Å². The summed E-state index contributed by atoms with van der Waals surface area (Å²) in [6.45, 7) is 12.7. The molecule has 0 amide bonds. The van der Waals surface area contributed by atoms with Crippen LogP contribution in [0.2, 0.25) is 0 Å². The standard InChI is InChI=1S/C11H27N3/c1-6-7-14(8-12)11(9(2)3)13-10(4)5/h9-11,13H,6-8,12H2,1-5H3. The average Bonchev–Trinajstić information content (AvgIpc) is 2.10. The summed E-state index contributed by atoms with van der Waals surface area (Å²) in [5.74, 6) is 0.590. The lowest BCUT2D eigenvalue weighted by Crippen LogP contribution is -2.53. The maximum atomic E-state index is 5.76. The number of rotatable bonds is 7. The van der Waals surface area contributed by atoms with E-state index in [1.54, 1.807) is 0 Å². The zero-order valence-corrected chi connectivity index (χ0v) is 10.4. The van der Waals surface area contributed by atoms with Crippen molar-refractivity contribution in [2.45, 2.75) is 53.2 Å². The topological polar surface area (TPSA) is 41.3 Å². The fourth-order valence-electron chi connectivity index (χ4n) is 1.69. The van der Waals surface area contributed by atoms with E-state index in [2.05, 4.69) is 44.8 Å². The molecule has 0 saturated carbocycles. The molecule has 0 aliphatic rings. The van der Waals surface area contributed by atoms with E-state index in [9.17, 15) is 0 Å². The molecule has 0 radical (unpaired) electrons. The molecular weight excluding hydrogens is 174 g/mol. The van der Waals surface area contributed by atoms with Crippen molar-refractivity contribution in [1.82, 2.24) is 10.2 Å². The molecule has 0 aromatic carbocycles. The van der Waals surface area contributed by atoms with Crippen LogP contribution in [0.15, 0.2) is 0 Å². The molecule has 3 nitrogen and oxygen atoms in total. The SMILES string of the molecule is CCCN(CN)C(NC(C)C)C(C)C. The van der Waals surface area contributed by atoms with Crippen molar-refractivity contribution in [2.75, 3.05) is 13.2 Å². The number of nitrogens with one attached hydrogen (secondary N) is 1. The first kappa shape index (κ1) is 13.9. The van der Waals surface area contributed by atoms with Gasteiger partial charge in [-0.1, -0.05) is 20.8 Å². The summed E-state index contributed by atoms with van der Waals surface area (Å²) in [5.41, 5.74) is 5.76. The summed E-state index contributed by atoms with van der Waals surface area (Å²) in [5, 5.41) is 3.56. The van der Waals surface area contributed by atoms with Crippen molar-refractivity contribution in [3.63, 3.8) is 0 Å². The van der Waals surface area contributed by atoms with Crippen molar-refractivity contribution in [2.24, 2.45) is 11.7 Å². The first-order chi connectivity index (χ1) is 6.52. The zero-order valence-electron chi connectivity index (χ0n) is 10.4. The summed E-state index contributed by atoms with van der Waals surface area (Å²) in [6, 6.07) is 0.508. The summed E-state index contributed by atoms with van der Waals surface area (Å²) in [6.07, 6.45) is 1.56. The van der Waals surface area contributed by atoms with Gasteiger partial charge in [-0.15, -0.1) is 0 Å². The Morgan fingerprint density at radius 3 is 2.07 bits per heavy atom. The Kier molecular flexibility index (Phi) is 7.15. The van der Waals surface area contributed by atoms with E-state index in [1.807, 2.05) is 0 Å². The van der Waals surface area contributed by atoms with Gasteiger partial charge in [0.2, 0.25) is 0 Å². The Bertz CT molecular complexity index is 134. The molecule has 86 valence electrons. The Morgan fingerprint density at radius 2 is 1.79 bits per heavy atom. The van der Waals surface area contributed by atoms with Crippen LogP contribution in [-0.4, -0.2) is 30.3 Å². The van der Waals surface area contributed by atoms with Crippen molar-refractivity contribution >= 4 is 0 Å². The van der Waals surface area contributed by atoms with Gasteiger partial charge in [-0.25, -0.2) is 0 Å². The van der Waals surface area contributed by atoms with E-state index in [4.69, 9.17) is 5.73 Å². The van der Waals surface area contributed by atoms with E-state index in [-0.39, 0.29) is 0 Å². The van der Waals surface area contributed by atoms with Crippen molar-refractivity contribution in [1.29, 1.82) is 0 Å². The van der Waals surface area contributed by atoms with Gasteiger partial charge in [-0.3, -0.25) is 10.2 Å². The van der Waals surface area contributed by atoms with Gasteiger partial charge < -0.3 is 5.73 Å². The maximum Gasteiger partial charge on any atom is 0.0633 e. The van der Waals surface area contributed by atoms with Crippen LogP contribution in [0.5, 0.6) is 0 Å². The largest absolute Gasteiger partial charge is 0.318 e. The Labute approximate surface area is 89.0 Å². The van der Waals surface area contributed by atoms with Gasteiger partial charge in [0.05, 0.1) is 6.17 Å². The van der Waals surface area contributed by atoms with Crippen LogP contribution in [0.1, 0.15) is 41.0 Å². The minimum atomic E-state index is 0.403. The molecule has 0 aromatic rings. The highest BCUT2D eigenvalue weighted by atomic mass is 15.3. The van der Waals surface area contributed by atoms with E-state index in [0.717, 1.165) is 13.0 Å². The van der Waals surface area contributed by atoms with Gasteiger partial charge in [-0.2, -0.15) is 0 Å². The second-order valence-corrected chi connectivity index (χ2v) is 4.51. The highest BCUT2D eigenvalue weighted by Gasteiger charge is 2.20. The van der Waals surface area contributed by atoms with Crippen molar-refractivity contribution < 1.29 is 0 Å². The fourth-order valence-corrected chi connectivity index (χ4v) is 1.69. The van der Waals surface area contributed by atoms with Gasteiger partial charge in [0.1, 0.15) is 0 Å². The third-order valence-corrected chi connectivity index (χ3v) is 2.27. The Hall–Kier alpha value is -0.120. The first-order valence-electron chi connectivity index (χ1n) is 5.73. The quantitative estimate of drug-likeness (QED) is 0.615. The molecule has 1 unspecified atom stereocenters. The monoisotopic (exact) mass is 201 g/mol. The molecule has 3 N–H and O–H groups in total. The molecule has 0 aromatic heterocycles. The van der Waals surface area contributed by atoms with Crippen LogP contribution in [0.3, 0.4) is 0 Å². The zero-order chi connectivity index (χ0) is 11.1. The van der Waals surface area contributed by atoms with E-state index in [0.29, 0.717) is 24.8 Å². The second kappa shape index (κ2) is 7.21. The van der Waals surface area contributed by atoms with E-state index < -0.39 is 0 Å². The fraction of sp³-hybridized carbons (Fsp3) is 1.00. The lowest BCUT2D eigenvalue weighted by Gasteiger charge is -2.35. The number of nitrogens with zero attached hydrogens (tertiary/aromatic N) is 1. The number of hydrogen-bond donors (Lipinski definition) is 2.